The van der Waals surface area contributed by atoms with Gasteiger partial charge in [0.1, 0.15) is 0 Å². The van der Waals surface area contributed by atoms with Crippen LogP contribution < -0.4 is 0 Å². The van der Waals surface area contributed by atoms with Gasteiger partial charge in [0.2, 0.25) is 6.10 Å². The van der Waals surface area contributed by atoms with Gasteiger partial charge in [0.25, 0.3) is 0 Å². The summed E-state index contributed by atoms with van der Waals surface area (Å²) in [5.74, 6) is -2.23. The summed E-state index contributed by atoms with van der Waals surface area (Å²) >= 11 is 0. The first-order chi connectivity index (χ1) is 11.5. The average molecular weight is 326 g/mol. The van der Waals surface area contributed by atoms with Crippen molar-refractivity contribution in [3.8, 4) is 0 Å². The van der Waals surface area contributed by atoms with E-state index in [-0.39, 0.29) is 6.42 Å². The summed E-state index contributed by atoms with van der Waals surface area (Å²) in [6, 6.07) is 15.3. The van der Waals surface area contributed by atoms with Gasteiger partial charge in [-0.1, -0.05) is 55.5 Å². The highest BCUT2D eigenvalue weighted by atomic mass is 16.6. The fourth-order valence-corrected chi connectivity index (χ4v) is 2.09. The van der Waals surface area contributed by atoms with Crippen molar-refractivity contribution in [1.82, 2.24) is 0 Å². The number of benzene rings is 2. The quantitative estimate of drug-likeness (QED) is 0.622. The SMILES string of the molecule is CCC(=O)OC(=O)C(OC(=O)c1ccccc1C)c1ccccc1. The molecule has 5 heteroatoms. The van der Waals surface area contributed by atoms with Crippen molar-refractivity contribution in [2.24, 2.45) is 0 Å². The molecule has 0 fully saturated rings. The van der Waals surface area contributed by atoms with E-state index in [1.54, 1.807) is 68.4 Å². The molecule has 2 aromatic rings. The van der Waals surface area contributed by atoms with Crippen molar-refractivity contribution < 1.29 is 23.9 Å². The number of hydrogen-bond acceptors (Lipinski definition) is 5. The van der Waals surface area contributed by atoms with Gasteiger partial charge in [-0.05, 0) is 18.6 Å². The van der Waals surface area contributed by atoms with Crippen LogP contribution in [0.25, 0.3) is 0 Å². The van der Waals surface area contributed by atoms with Gasteiger partial charge in [0, 0.05) is 12.0 Å². The molecule has 0 spiro atoms. The Labute approximate surface area is 140 Å². The van der Waals surface area contributed by atoms with Gasteiger partial charge in [-0.3, -0.25) is 4.79 Å². The molecule has 24 heavy (non-hydrogen) atoms. The maximum Gasteiger partial charge on any atom is 0.359 e. The van der Waals surface area contributed by atoms with E-state index in [1.807, 2.05) is 0 Å². The first-order valence-corrected chi connectivity index (χ1v) is 7.59. The summed E-state index contributed by atoms with van der Waals surface area (Å²) in [5, 5.41) is 0. The van der Waals surface area contributed by atoms with Crippen molar-refractivity contribution >= 4 is 17.9 Å². The number of carbonyl (C=O) groups excluding carboxylic acids is 3. The Bertz CT molecular complexity index is 736. The van der Waals surface area contributed by atoms with Crippen LogP contribution >= 0.6 is 0 Å². The van der Waals surface area contributed by atoms with E-state index in [0.29, 0.717) is 11.1 Å². The zero-order valence-corrected chi connectivity index (χ0v) is 13.5. The van der Waals surface area contributed by atoms with Crippen molar-refractivity contribution in [3.63, 3.8) is 0 Å². The molecule has 1 atom stereocenters. The highest BCUT2D eigenvalue weighted by Gasteiger charge is 2.29. The van der Waals surface area contributed by atoms with Crippen LogP contribution in [0.3, 0.4) is 0 Å². The zero-order chi connectivity index (χ0) is 17.5. The molecule has 0 amide bonds. The lowest BCUT2D eigenvalue weighted by Crippen LogP contribution is -2.24. The summed E-state index contributed by atoms with van der Waals surface area (Å²) in [7, 11) is 0. The predicted molar refractivity (Wildman–Crippen MR) is 87.2 cm³/mol. The molecule has 0 bridgehead atoms. The molecular formula is C19H18O5. The van der Waals surface area contributed by atoms with E-state index in [2.05, 4.69) is 0 Å². The van der Waals surface area contributed by atoms with Crippen molar-refractivity contribution in [3.05, 3.63) is 71.3 Å². The summed E-state index contributed by atoms with van der Waals surface area (Å²) < 4.78 is 10.1. The molecule has 2 rings (SSSR count). The van der Waals surface area contributed by atoms with Crippen molar-refractivity contribution in [2.75, 3.05) is 0 Å². The Kier molecular flexibility index (Phi) is 5.84. The first kappa shape index (κ1) is 17.4. The monoisotopic (exact) mass is 326 g/mol. The standard InChI is InChI=1S/C19H18O5/c1-3-16(20)23-19(22)17(14-10-5-4-6-11-14)24-18(21)15-12-8-7-9-13(15)2/h4-12,17H,3H2,1-2H3. The molecule has 0 aliphatic rings. The third kappa shape index (κ3) is 4.29. The Balaban J connectivity index is 2.26. The molecule has 0 aliphatic heterocycles. The van der Waals surface area contributed by atoms with E-state index in [4.69, 9.17) is 9.47 Å². The van der Waals surface area contributed by atoms with Crippen LogP contribution in [0.5, 0.6) is 0 Å². The minimum Gasteiger partial charge on any atom is -0.442 e. The second kappa shape index (κ2) is 8.06. The number of ether oxygens (including phenoxy) is 2. The topological polar surface area (TPSA) is 69.7 Å². The first-order valence-electron chi connectivity index (χ1n) is 7.59. The van der Waals surface area contributed by atoms with E-state index in [0.717, 1.165) is 5.56 Å². The van der Waals surface area contributed by atoms with Gasteiger partial charge >= 0.3 is 17.9 Å². The summed E-state index contributed by atoms with van der Waals surface area (Å²) in [6.45, 7) is 3.35. The van der Waals surface area contributed by atoms with Crippen LogP contribution in [0.4, 0.5) is 0 Å². The van der Waals surface area contributed by atoms with Crippen LogP contribution in [0.1, 0.15) is 40.9 Å². The maximum absolute atomic E-state index is 12.4. The Morgan fingerprint density at radius 2 is 1.58 bits per heavy atom. The zero-order valence-electron chi connectivity index (χ0n) is 13.5. The highest BCUT2D eigenvalue weighted by molar-refractivity contribution is 5.94. The second-order valence-corrected chi connectivity index (χ2v) is 5.16. The molecule has 0 radical (unpaired) electrons. The van der Waals surface area contributed by atoms with Gasteiger partial charge in [0.15, 0.2) is 0 Å². The van der Waals surface area contributed by atoms with Crippen molar-refractivity contribution in [2.45, 2.75) is 26.4 Å². The van der Waals surface area contributed by atoms with Gasteiger partial charge in [-0.2, -0.15) is 0 Å². The largest absolute Gasteiger partial charge is 0.442 e. The summed E-state index contributed by atoms with van der Waals surface area (Å²) in [6.07, 6.45) is -1.24. The minimum atomic E-state index is -1.30. The van der Waals surface area contributed by atoms with Gasteiger partial charge in [-0.25, -0.2) is 9.59 Å². The number of aryl methyl sites for hydroxylation is 1. The molecule has 1 unspecified atom stereocenters. The molecule has 0 aromatic heterocycles. The fourth-order valence-electron chi connectivity index (χ4n) is 2.09. The highest BCUT2D eigenvalue weighted by Crippen LogP contribution is 2.22. The van der Waals surface area contributed by atoms with Gasteiger partial charge in [-0.15, -0.1) is 0 Å². The lowest BCUT2D eigenvalue weighted by atomic mass is 10.1. The van der Waals surface area contributed by atoms with Crippen LogP contribution in [0, 0.1) is 6.92 Å². The Morgan fingerprint density at radius 3 is 2.21 bits per heavy atom. The normalized spacial score (nSPS) is 11.4. The van der Waals surface area contributed by atoms with E-state index >= 15 is 0 Å². The molecule has 5 nitrogen and oxygen atoms in total. The number of hydrogen-bond donors (Lipinski definition) is 0. The van der Waals surface area contributed by atoms with Crippen LogP contribution in [-0.4, -0.2) is 17.9 Å². The van der Waals surface area contributed by atoms with Crippen LogP contribution in [0.15, 0.2) is 54.6 Å². The lowest BCUT2D eigenvalue weighted by molar-refractivity contribution is -0.166. The summed E-state index contributed by atoms with van der Waals surface area (Å²) in [5.41, 5.74) is 1.52. The number of rotatable bonds is 5. The Hall–Kier alpha value is -2.95. The second-order valence-electron chi connectivity index (χ2n) is 5.16. The fraction of sp³-hybridized carbons (Fsp3) is 0.211. The minimum absolute atomic E-state index is 0.0546. The number of esters is 3. The van der Waals surface area contributed by atoms with Crippen molar-refractivity contribution in [1.29, 1.82) is 0 Å². The molecule has 0 aliphatic carbocycles. The third-order valence-corrected chi connectivity index (χ3v) is 3.41. The lowest BCUT2D eigenvalue weighted by Gasteiger charge is -2.17. The van der Waals surface area contributed by atoms with Gasteiger partial charge < -0.3 is 9.47 Å². The molecule has 2 aromatic carbocycles. The molecule has 0 N–H and O–H groups in total. The molecular weight excluding hydrogens is 308 g/mol. The number of carbonyl (C=O) groups is 3. The molecule has 0 saturated heterocycles. The van der Waals surface area contributed by atoms with Crippen LogP contribution in [0.2, 0.25) is 0 Å². The smallest absolute Gasteiger partial charge is 0.359 e. The van der Waals surface area contributed by atoms with E-state index < -0.39 is 24.0 Å². The van der Waals surface area contributed by atoms with Crippen LogP contribution in [-0.2, 0) is 19.1 Å². The maximum atomic E-state index is 12.4. The average Bonchev–Trinajstić information content (AvgIpc) is 2.60. The van der Waals surface area contributed by atoms with E-state index in [9.17, 15) is 14.4 Å². The predicted octanol–water partition coefficient (Wildman–Crippen LogP) is 3.37. The molecule has 124 valence electrons. The van der Waals surface area contributed by atoms with E-state index in [1.165, 1.54) is 0 Å². The summed E-state index contributed by atoms with van der Waals surface area (Å²) in [4.78, 5) is 36.0. The van der Waals surface area contributed by atoms with Gasteiger partial charge in [0.05, 0.1) is 5.56 Å². The Morgan fingerprint density at radius 1 is 0.958 bits per heavy atom. The molecule has 0 saturated carbocycles. The molecule has 0 heterocycles. The third-order valence-electron chi connectivity index (χ3n) is 3.41.